The Kier molecular flexibility index (Phi) is 7.30. The molecule has 1 amide bonds. The summed E-state index contributed by atoms with van der Waals surface area (Å²) in [6, 6.07) is 17.4. The summed E-state index contributed by atoms with van der Waals surface area (Å²) in [7, 11) is 0. The molecule has 37 heavy (non-hydrogen) atoms. The van der Waals surface area contributed by atoms with Crippen molar-refractivity contribution in [1.82, 2.24) is 14.5 Å². The Hall–Kier alpha value is -3.81. The van der Waals surface area contributed by atoms with Crippen molar-refractivity contribution in [2.45, 2.75) is 72.3 Å². The SMILES string of the molecule is CC(C)(C)OC(=O)N1CCc2c(nc(-c3ccc(OCc4ccccc4)cc3)n2C(=O)OC(C)(C)C)C1. The molecule has 1 aliphatic rings. The third-order valence-electron chi connectivity index (χ3n) is 5.60. The van der Waals surface area contributed by atoms with E-state index in [1.807, 2.05) is 96.1 Å². The molecule has 0 N–H and O–H groups in total. The number of aromatic nitrogens is 2. The molecule has 196 valence electrons. The zero-order valence-electron chi connectivity index (χ0n) is 22.4. The molecule has 0 bridgehead atoms. The van der Waals surface area contributed by atoms with Crippen molar-refractivity contribution in [2.75, 3.05) is 6.54 Å². The highest BCUT2D eigenvalue weighted by atomic mass is 16.6. The Morgan fingerprint density at radius 1 is 0.865 bits per heavy atom. The van der Waals surface area contributed by atoms with Gasteiger partial charge in [-0.05, 0) is 71.4 Å². The van der Waals surface area contributed by atoms with Crippen LogP contribution >= 0.6 is 0 Å². The lowest BCUT2D eigenvalue weighted by Gasteiger charge is -2.30. The van der Waals surface area contributed by atoms with Crippen molar-refractivity contribution < 1.29 is 23.8 Å². The monoisotopic (exact) mass is 505 g/mol. The zero-order valence-corrected chi connectivity index (χ0v) is 22.4. The van der Waals surface area contributed by atoms with E-state index in [0.717, 1.165) is 16.8 Å². The maximum absolute atomic E-state index is 13.3. The van der Waals surface area contributed by atoms with Gasteiger partial charge >= 0.3 is 12.2 Å². The van der Waals surface area contributed by atoms with Crippen LogP contribution < -0.4 is 4.74 Å². The second-order valence-electron chi connectivity index (χ2n) is 11.1. The van der Waals surface area contributed by atoms with Crippen LogP contribution in [0.3, 0.4) is 0 Å². The molecule has 8 nitrogen and oxygen atoms in total. The molecule has 1 aromatic heterocycles. The number of amides is 1. The summed E-state index contributed by atoms with van der Waals surface area (Å²) in [5, 5.41) is 0. The van der Waals surface area contributed by atoms with Crippen molar-refractivity contribution in [2.24, 2.45) is 0 Å². The largest absolute Gasteiger partial charge is 0.489 e. The summed E-state index contributed by atoms with van der Waals surface area (Å²) >= 11 is 0. The molecule has 0 spiro atoms. The van der Waals surface area contributed by atoms with E-state index >= 15 is 0 Å². The topological polar surface area (TPSA) is 82.9 Å². The van der Waals surface area contributed by atoms with Crippen LogP contribution in [-0.2, 0) is 29.0 Å². The summed E-state index contributed by atoms with van der Waals surface area (Å²) in [5.41, 5.74) is 1.96. The standard InChI is InChI=1S/C29H35N3O5/c1-28(2,3)36-26(33)31-17-16-24-23(18-31)30-25(32(24)27(34)37-29(4,5)6)21-12-14-22(15-13-21)35-19-20-10-8-7-9-11-20/h7-15H,16-19H2,1-6H3. The zero-order chi connectivity index (χ0) is 26.8. The van der Waals surface area contributed by atoms with Crippen LogP contribution in [0.1, 0.15) is 58.5 Å². The van der Waals surface area contributed by atoms with Gasteiger partial charge in [-0.15, -0.1) is 0 Å². The molecule has 1 aliphatic heterocycles. The van der Waals surface area contributed by atoms with Crippen molar-refractivity contribution in [3.05, 3.63) is 71.5 Å². The number of carbonyl (C=O) groups is 2. The van der Waals surface area contributed by atoms with E-state index in [-0.39, 0.29) is 6.54 Å². The Morgan fingerprint density at radius 2 is 1.49 bits per heavy atom. The van der Waals surface area contributed by atoms with Gasteiger partial charge in [-0.2, -0.15) is 0 Å². The average Bonchev–Trinajstić information content (AvgIpc) is 3.20. The van der Waals surface area contributed by atoms with Crippen molar-refractivity contribution >= 4 is 12.2 Å². The fraction of sp³-hybridized carbons (Fsp3) is 0.414. The number of imidazole rings is 1. The second kappa shape index (κ2) is 10.3. The first-order valence-corrected chi connectivity index (χ1v) is 12.5. The van der Waals surface area contributed by atoms with Crippen LogP contribution in [0, 0.1) is 0 Å². The number of benzene rings is 2. The summed E-state index contributed by atoms with van der Waals surface area (Å²) in [4.78, 5) is 32.4. The summed E-state index contributed by atoms with van der Waals surface area (Å²) in [6.07, 6.45) is -0.433. The molecule has 0 aliphatic carbocycles. The Morgan fingerprint density at radius 3 is 2.11 bits per heavy atom. The minimum Gasteiger partial charge on any atom is -0.489 e. The molecule has 0 saturated carbocycles. The fourth-order valence-corrected chi connectivity index (χ4v) is 4.00. The summed E-state index contributed by atoms with van der Waals surface area (Å²) < 4.78 is 18.7. The smallest absolute Gasteiger partial charge is 0.420 e. The molecule has 0 saturated heterocycles. The number of nitrogens with zero attached hydrogens (tertiary/aromatic N) is 3. The maximum atomic E-state index is 13.3. The van der Waals surface area contributed by atoms with E-state index in [1.165, 1.54) is 4.57 Å². The van der Waals surface area contributed by atoms with Crippen molar-refractivity contribution in [3.63, 3.8) is 0 Å². The van der Waals surface area contributed by atoms with Crippen LogP contribution in [-0.4, -0.2) is 44.4 Å². The van der Waals surface area contributed by atoms with Gasteiger partial charge in [0.05, 0.1) is 17.9 Å². The maximum Gasteiger partial charge on any atom is 0.420 e. The highest BCUT2D eigenvalue weighted by molar-refractivity contribution is 5.79. The molecule has 3 aromatic rings. The van der Waals surface area contributed by atoms with E-state index in [4.69, 9.17) is 19.2 Å². The quantitative estimate of drug-likeness (QED) is 0.420. The third-order valence-corrected chi connectivity index (χ3v) is 5.60. The Balaban J connectivity index is 1.61. The van der Waals surface area contributed by atoms with Crippen LogP contribution in [0.5, 0.6) is 5.75 Å². The van der Waals surface area contributed by atoms with Crippen molar-refractivity contribution in [1.29, 1.82) is 0 Å². The molecule has 2 aromatic carbocycles. The minimum atomic E-state index is -0.669. The van der Waals surface area contributed by atoms with Gasteiger partial charge in [-0.1, -0.05) is 30.3 Å². The predicted octanol–water partition coefficient (Wildman–Crippen LogP) is 6.21. The number of hydrogen-bond acceptors (Lipinski definition) is 6. The Bertz CT molecular complexity index is 1250. The number of ether oxygens (including phenoxy) is 3. The van der Waals surface area contributed by atoms with Gasteiger partial charge in [0.25, 0.3) is 0 Å². The normalized spacial score (nSPS) is 13.6. The van der Waals surface area contributed by atoms with Gasteiger partial charge in [0.2, 0.25) is 0 Å². The molecule has 0 radical (unpaired) electrons. The summed E-state index contributed by atoms with van der Waals surface area (Å²) in [6.45, 7) is 12.1. The van der Waals surface area contributed by atoms with E-state index in [2.05, 4.69) is 0 Å². The number of fused-ring (bicyclic) bond motifs is 1. The number of carbonyl (C=O) groups excluding carboxylic acids is 2. The lowest BCUT2D eigenvalue weighted by atomic mass is 10.1. The first-order valence-electron chi connectivity index (χ1n) is 12.5. The molecule has 8 heteroatoms. The van der Waals surface area contributed by atoms with Gasteiger partial charge in [0, 0.05) is 18.5 Å². The molecule has 4 rings (SSSR count). The molecule has 0 unspecified atom stereocenters. The molecule has 2 heterocycles. The second-order valence-corrected chi connectivity index (χ2v) is 11.1. The molecule has 0 atom stereocenters. The first-order chi connectivity index (χ1) is 17.4. The Labute approximate surface area is 218 Å². The van der Waals surface area contributed by atoms with Gasteiger partial charge in [0.1, 0.15) is 29.4 Å². The highest BCUT2D eigenvalue weighted by Crippen LogP contribution is 2.30. The van der Waals surface area contributed by atoms with Crippen LogP contribution in [0.4, 0.5) is 9.59 Å². The number of rotatable bonds is 4. The summed E-state index contributed by atoms with van der Waals surface area (Å²) in [5.74, 6) is 1.18. The van der Waals surface area contributed by atoms with Crippen LogP contribution in [0.15, 0.2) is 54.6 Å². The lowest BCUT2D eigenvalue weighted by molar-refractivity contribution is 0.0220. The number of hydrogen-bond donors (Lipinski definition) is 0. The van der Waals surface area contributed by atoms with E-state index < -0.39 is 23.4 Å². The first kappa shape index (κ1) is 26.3. The average molecular weight is 506 g/mol. The van der Waals surface area contributed by atoms with Gasteiger partial charge < -0.3 is 19.1 Å². The van der Waals surface area contributed by atoms with Gasteiger partial charge in [0.15, 0.2) is 0 Å². The van der Waals surface area contributed by atoms with Crippen LogP contribution in [0.25, 0.3) is 11.4 Å². The van der Waals surface area contributed by atoms with Gasteiger partial charge in [-0.3, -0.25) is 0 Å². The van der Waals surface area contributed by atoms with Crippen molar-refractivity contribution in [3.8, 4) is 17.1 Å². The molecular weight excluding hydrogens is 470 g/mol. The highest BCUT2D eigenvalue weighted by Gasteiger charge is 2.33. The lowest BCUT2D eigenvalue weighted by Crippen LogP contribution is -2.40. The molecule has 0 fully saturated rings. The van der Waals surface area contributed by atoms with E-state index in [1.54, 1.807) is 4.90 Å². The third kappa shape index (κ3) is 6.70. The van der Waals surface area contributed by atoms with E-state index in [9.17, 15) is 9.59 Å². The predicted molar refractivity (Wildman–Crippen MR) is 140 cm³/mol. The fourth-order valence-electron chi connectivity index (χ4n) is 4.00. The molecular formula is C29H35N3O5. The van der Waals surface area contributed by atoms with Crippen LogP contribution in [0.2, 0.25) is 0 Å². The minimum absolute atomic E-state index is 0.255. The van der Waals surface area contributed by atoms with E-state index in [0.29, 0.717) is 36.8 Å². The van der Waals surface area contributed by atoms with Gasteiger partial charge in [-0.25, -0.2) is 19.1 Å².